The van der Waals surface area contributed by atoms with Crippen LogP contribution in [0.1, 0.15) is 18.9 Å². The van der Waals surface area contributed by atoms with E-state index in [4.69, 9.17) is 9.47 Å². The van der Waals surface area contributed by atoms with Crippen molar-refractivity contribution in [2.75, 3.05) is 54.1 Å². The molecule has 0 aliphatic carbocycles. The molecule has 0 heterocycles. The monoisotopic (exact) mass is 336 g/mol. The van der Waals surface area contributed by atoms with Crippen LogP contribution < -0.4 is 15.4 Å². The minimum atomic E-state index is 0.642. The Morgan fingerprint density at radius 3 is 2.50 bits per heavy atom. The van der Waals surface area contributed by atoms with Gasteiger partial charge in [0.05, 0.1) is 13.7 Å². The maximum Gasteiger partial charge on any atom is 0.191 e. The molecule has 6 heteroatoms. The van der Waals surface area contributed by atoms with E-state index in [9.17, 15) is 0 Å². The Morgan fingerprint density at radius 1 is 1.12 bits per heavy atom. The summed E-state index contributed by atoms with van der Waals surface area (Å²) in [5.41, 5.74) is 1.16. The number of nitrogens with zero attached hydrogens (tertiary/aromatic N) is 2. The molecule has 0 saturated heterocycles. The van der Waals surface area contributed by atoms with Crippen LogP contribution in [-0.4, -0.2) is 64.9 Å². The van der Waals surface area contributed by atoms with E-state index >= 15 is 0 Å². The number of aliphatic imine (C=N–C) groups is 1. The van der Waals surface area contributed by atoms with Gasteiger partial charge in [-0.2, -0.15) is 0 Å². The number of rotatable bonds is 11. The molecule has 0 saturated carbocycles. The molecule has 0 aromatic heterocycles. The second kappa shape index (κ2) is 12.6. The summed E-state index contributed by atoms with van der Waals surface area (Å²) in [6.45, 7) is 7.23. The molecule has 0 amide bonds. The lowest BCUT2D eigenvalue weighted by Gasteiger charge is -2.18. The first-order valence-corrected chi connectivity index (χ1v) is 8.52. The molecule has 0 aliphatic heterocycles. The van der Waals surface area contributed by atoms with Crippen molar-refractivity contribution in [3.05, 3.63) is 29.8 Å². The van der Waals surface area contributed by atoms with Gasteiger partial charge in [0.1, 0.15) is 5.75 Å². The second-order valence-corrected chi connectivity index (χ2v) is 5.62. The first kappa shape index (κ1) is 20.3. The van der Waals surface area contributed by atoms with Gasteiger partial charge in [-0.05, 0) is 38.1 Å². The van der Waals surface area contributed by atoms with Crippen LogP contribution in [0.2, 0.25) is 0 Å². The average Bonchev–Trinajstić information content (AvgIpc) is 2.60. The lowest BCUT2D eigenvalue weighted by atomic mass is 10.2. The molecule has 0 radical (unpaired) electrons. The van der Waals surface area contributed by atoms with Crippen molar-refractivity contribution in [2.24, 2.45) is 4.99 Å². The van der Waals surface area contributed by atoms with Gasteiger partial charge in [0, 0.05) is 39.9 Å². The summed E-state index contributed by atoms with van der Waals surface area (Å²) in [5.74, 6) is 1.71. The van der Waals surface area contributed by atoms with Crippen molar-refractivity contribution >= 4 is 5.96 Å². The van der Waals surface area contributed by atoms with Gasteiger partial charge in [-0.15, -0.1) is 0 Å². The molecule has 2 N–H and O–H groups in total. The van der Waals surface area contributed by atoms with Crippen LogP contribution in [0, 0.1) is 0 Å². The molecule has 0 bridgehead atoms. The first-order chi connectivity index (χ1) is 11.7. The minimum Gasteiger partial charge on any atom is -0.497 e. The molecule has 0 aliphatic rings. The zero-order valence-electron chi connectivity index (χ0n) is 15.5. The molecule has 0 unspecified atom stereocenters. The highest BCUT2D eigenvalue weighted by Crippen LogP contribution is 2.11. The van der Waals surface area contributed by atoms with E-state index in [2.05, 4.69) is 34.5 Å². The van der Waals surface area contributed by atoms with Gasteiger partial charge in [-0.25, -0.2) is 4.99 Å². The topological polar surface area (TPSA) is 58.1 Å². The molecule has 0 atom stereocenters. The fourth-order valence-corrected chi connectivity index (χ4v) is 2.20. The van der Waals surface area contributed by atoms with Gasteiger partial charge in [-0.3, -0.25) is 0 Å². The highest BCUT2D eigenvalue weighted by molar-refractivity contribution is 5.79. The maximum atomic E-state index is 5.17. The quantitative estimate of drug-likeness (QED) is 0.366. The number of ether oxygens (including phenoxy) is 2. The number of benzene rings is 1. The summed E-state index contributed by atoms with van der Waals surface area (Å²) >= 11 is 0. The third kappa shape index (κ3) is 8.74. The number of hydrogen-bond donors (Lipinski definition) is 2. The Morgan fingerprint density at radius 2 is 1.88 bits per heavy atom. The summed E-state index contributed by atoms with van der Waals surface area (Å²) in [7, 11) is 5.54. The standard InChI is InChI=1S/C18H32N4O2/c1-5-19-18(20-11-13-22(2)12-6-14-23-3)21-15-16-7-9-17(24-4)10-8-16/h7-10H,5-6,11-15H2,1-4H3,(H2,19,20,21). The van der Waals surface area contributed by atoms with Crippen molar-refractivity contribution in [1.82, 2.24) is 15.5 Å². The zero-order valence-corrected chi connectivity index (χ0v) is 15.5. The summed E-state index contributed by atoms with van der Waals surface area (Å²) in [5, 5.41) is 6.65. The zero-order chi connectivity index (χ0) is 17.6. The largest absolute Gasteiger partial charge is 0.497 e. The molecule has 1 rings (SSSR count). The molecule has 136 valence electrons. The normalized spacial score (nSPS) is 11.6. The van der Waals surface area contributed by atoms with Gasteiger partial charge < -0.3 is 25.0 Å². The van der Waals surface area contributed by atoms with Gasteiger partial charge >= 0.3 is 0 Å². The van der Waals surface area contributed by atoms with E-state index in [0.29, 0.717) is 6.54 Å². The number of nitrogens with one attached hydrogen (secondary N) is 2. The third-order valence-electron chi connectivity index (χ3n) is 3.60. The van der Waals surface area contributed by atoms with Crippen molar-refractivity contribution in [3.63, 3.8) is 0 Å². The Labute approximate surface area is 146 Å². The van der Waals surface area contributed by atoms with E-state index < -0.39 is 0 Å². The van der Waals surface area contributed by atoms with Crippen LogP contribution in [0.5, 0.6) is 5.75 Å². The first-order valence-electron chi connectivity index (χ1n) is 8.52. The lowest BCUT2D eigenvalue weighted by Crippen LogP contribution is -2.41. The molecule has 0 spiro atoms. The van der Waals surface area contributed by atoms with Gasteiger partial charge in [0.25, 0.3) is 0 Å². The summed E-state index contributed by atoms with van der Waals surface area (Å²) < 4.78 is 10.2. The molecule has 1 aromatic rings. The molecule has 24 heavy (non-hydrogen) atoms. The number of guanidine groups is 1. The predicted octanol–water partition coefficient (Wildman–Crippen LogP) is 1.72. The van der Waals surface area contributed by atoms with E-state index in [1.807, 2.05) is 24.3 Å². The van der Waals surface area contributed by atoms with Crippen LogP contribution >= 0.6 is 0 Å². The summed E-state index contributed by atoms with van der Waals surface area (Å²) in [6.07, 6.45) is 1.05. The van der Waals surface area contributed by atoms with Crippen molar-refractivity contribution in [3.8, 4) is 5.75 Å². The molecule has 0 fully saturated rings. The van der Waals surface area contributed by atoms with E-state index in [1.54, 1.807) is 14.2 Å². The highest BCUT2D eigenvalue weighted by Gasteiger charge is 2.01. The number of methoxy groups -OCH3 is 2. The van der Waals surface area contributed by atoms with Crippen molar-refractivity contribution < 1.29 is 9.47 Å². The summed E-state index contributed by atoms with van der Waals surface area (Å²) in [6, 6.07) is 7.99. The van der Waals surface area contributed by atoms with Crippen LogP contribution in [0.15, 0.2) is 29.3 Å². The Kier molecular flexibility index (Phi) is 10.6. The maximum absolute atomic E-state index is 5.17. The highest BCUT2D eigenvalue weighted by atomic mass is 16.5. The van der Waals surface area contributed by atoms with Crippen molar-refractivity contribution in [2.45, 2.75) is 19.9 Å². The van der Waals surface area contributed by atoms with Crippen LogP contribution in [0.3, 0.4) is 0 Å². The smallest absolute Gasteiger partial charge is 0.191 e. The number of likely N-dealkylation sites (N-methyl/N-ethyl adjacent to an activating group) is 1. The fourth-order valence-electron chi connectivity index (χ4n) is 2.20. The number of hydrogen-bond acceptors (Lipinski definition) is 4. The van der Waals surface area contributed by atoms with Gasteiger partial charge in [0.15, 0.2) is 5.96 Å². The third-order valence-corrected chi connectivity index (χ3v) is 3.60. The van der Waals surface area contributed by atoms with Crippen LogP contribution in [-0.2, 0) is 11.3 Å². The Balaban J connectivity index is 2.38. The Bertz CT molecular complexity index is 463. The average molecular weight is 336 g/mol. The van der Waals surface area contributed by atoms with Crippen LogP contribution in [0.25, 0.3) is 0 Å². The molecular weight excluding hydrogens is 304 g/mol. The Hall–Kier alpha value is -1.79. The molecule has 6 nitrogen and oxygen atoms in total. The fraction of sp³-hybridized carbons (Fsp3) is 0.611. The van der Waals surface area contributed by atoms with E-state index in [0.717, 1.165) is 56.5 Å². The van der Waals surface area contributed by atoms with Crippen molar-refractivity contribution in [1.29, 1.82) is 0 Å². The van der Waals surface area contributed by atoms with E-state index in [-0.39, 0.29) is 0 Å². The van der Waals surface area contributed by atoms with Gasteiger partial charge in [0.2, 0.25) is 0 Å². The second-order valence-electron chi connectivity index (χ2n) is 5.62. The predicted molar refractivity (Wildman–Crippen MR) is 99.8 cm³/mol. The molecular formula is C18H32N4O2. The summed E-state index contributed by atoms with van der Waals surface area (Å²) in [4.78, 5) is 6.92. The van der Waals surface area contributed by atoms with E-state index in [1.165, 1.54) is 0 Å². The lowest BCUT2D eigenvalue weighted by molar-refractivity contribution is 0.180. The molecule has 1 aromatic carbocycles. The van der Waals surface area contributed by atoms with Crippen LogP contribution in [0.4, 0.5) is 0 Å². The minimum absolute atomic E-state index is 0.642. The van der Waals surface area contributed by atoms with Gasteiger partial charge in [-0.1, -0.05) is 12.1 Å². The SMILES string of the molecule is CCNC(=NCc1ccc(OC)cc1)NCCN(C)CCCOC.